The highest BCUT2D eigenvalue weighted by Gasteiger charge is 2.10. The van der Waals surface area contributed by atoms with Gasteiger partial charge in [-0.2, -0.15) is 0 Å². The maximum Gasteiger partial charge on any atom is 0.404 e. The number of hydrogen-bond acceptors (Lipinski definition) is 4. The van der Waals surface area contributed by atoms with Gasteiger partial charge in [0.1, 0.15) is 4.83 Å². The zero-order valence-electron chi connectivity index (χ0n) is 10.7. The monoisotopic (exact) mass is 319 g/mol. The van der Waals surface area contributed by atoms with E-state index in [4.69, 9.17) is 16.7 Å². The molecule has 0 saturated heterocycles. The molecule has 2 N–H and O–H groups in total. The predicted octanol–water partition coefficient (Wildman–Crippen LogP) is 3.78. The van der Waals surface area contributed by atoms with E-state index in [1.54, 1.807) is 0 Å². The summed E-state index contributed by atoms with van der Waals surface area (Å²) >= 11 is 7.47. The van der Waals surface area contributed by atoms with Crippen molar-refractivity contribution in [1.29, 1.82) is 0 Å². The highest BCUT2D eigenvalue weighted by atomic mass is 35.5. The molecule has 0 aliphatic heterocycles. The van der Waals surface area contributed by atoms with Crippen LogP contribution in [0.5, 0.6) is 0 Å². The second-order valence-electron chi connectivity index (χ2n) is 4.34. The van der Waals surface area contributed by atoms with Gasteiger partial charge in [0.15, 0.2) is 0 Å². The van der Waals surface area contributed by atoms with E-state index in [-0.39, 0.29) is 11.8 Å². The smallest absolute Gasteiger partial charge is 0.404 e. The Kier molecular flexibility index (Phi) is 3.72. The summed E-state index contributed by atoms with van der Waals surface area (Å²) in [5.41, 5.74) is 2.49. The Morgan fingerprint density at radius 2 is 2.19 bits per heavy atom. The number of aromatic nitrogens is 2. The van der Waals surface area contributed by atoms with Crippen LogP contribution in [0.15, 0.2) is 35.7 Å². The summed E-state index contributed by atoms with van der Waals surface area (Å²) in [5.74, 6) is 0. The van der Waals surface area contributed by atoms with E-state index in [0.29, 0.717) is 0 Å². The quantitative estimate of drug-likeness (QED) is 0.720. The number of rotatable bonds is 3. The molecule has 7 heteroatoms. The van der Waals surface area contributed by atoms with E-state index < -0.39 is 6.09 Å². The fraction of sp³-hybridized carbons (Fsp3) is 0.0714. The molecule has 0 aliphatic rings. The number of fused-ring (bicyclic) bond motifs is 1. The maximum absolute atomic E-state index is 10.6. The van der Waals surface area contributed by atoms with Crippen LogP contribution < -0.4 is 5.32 Å². The van der Waals surface area contributed by atoms with E-state index in [1.807, 2.05) is 35.7 Å². The summed E-state index contributed by atoms with van der Waals surface area (Å²) in [4.78, 5) is 19.9. The van der Waals surface area contributed by atoms with Gasteiger partial charge in [0, 0.05) is 17.5 Å². The topological polar surface area (TPSA) is 75.1 Å². The fourth-order valence-corrected chi connectivity index (χ4v) is 3.04. The van der Waals surface area contributed by atoms with Crippen LogP contribution in [0.1, 0.15) is 5.56 Å². The largest absolute Gasteiger partial charge is 0.465 e. The molecule has 0 radical (unpaired) electrons. The minimum absolute atomic E-state index is 0.203. The molecule has 1 aromatic carbocycles. The lowest BCUT2D eigenvalue weighted by Crippen LogP contribution is -2.19. The highest BCUT2D eigenvalue weighted by molar-refractivity contribution is 7.16. The Morgan fingerprint density at radius 1 is 1.33 bits per heavy atom. The van der Waals surface area contributed by atoms with Crippen LogP contribution in [-0.2, 0) is 6.54 Å². The van der Waals surface area contributed by atoms with Crippen LogP contribution in [0, 0.1) is 0 Å². The number of amides is 1. The molecule has 2 heterocycles. The number of benzene rings is 1. The van der Waals surface area contributed by atoms with Gasteiger partial charge in [0.05, 0.1) is 5.69 Å². The number of thiophene rings is 1. The third-order valence-electron chi connectivity index (χ3n) is 2.94. The molecule has 3 aromatic rings. The first-order chi connectivity index (χ1) is 10.1. The van der Waals surface area contributed by atoms with Gasteiger partial charge in [-0.1, -0.05) is 18.2 Å². The number of halogens is 1. The lowest BCUT2D eigenvalue weighted by atomic mass is 10.1. The third kappa shape index (κ3) is 2.96. The number of carboxylic acid groups (broad SMARTS) is 1. The molecule has 1 amide bonds. The molecule has 3 rings (SSSR count). The van der Waals surface area contributed by atoms with Gasteiger partial charge in [-0.3, -0.25) is 0 Å². The molecule has 0 fully saturated rings. The maximum atomic E-state index is 10.6. The minimum atomic E-state index is -1.05. The standard InChI is InChI=1S/C14H10ClN3O2S/c15-13-17-11(10-4-5-21-12(10)18-13)9-3-1-2-8(6-9)7-16-14(19)20/h1-6,16H,7H2,(H,19,20). The zero-order valence-corrected chi connectivity index (χ0v) is 12.3. The average molecular weight is 320 g/mol. The Bertz CT molecular complexity index is 819. The molecule has 0 unspecified atom stereocenters. The molecular formula is C14H10ClN3O2S. The van der Waals surface area contributed by atoms with Crippen molar-refractivity contribution in [3.63, 3.8) is 0 Å². The molecule has 0 aliphatic carbocycles. The van der Waals surface area contributed by atoms with Crippen molar-refractivity contribution >= 4 is 39.2 Å². The lowest BCUT2D eigenvalue weighted by molar-refractivity contribution is 0.194. The summed E-state index contributed by atoms with van der Waals surface area (Å²) in [5, 5.41) is 14.1. The van der Waals surface area contributed by atoms with Gasteiger partial charge in [0.25, 0.3) is 0 Å². The van der Waals surface area contributed by atoms with Gasteiger partial charge >= 0.3 is 6.09 Å². The summed E-state index contributed by atoms with van der Waals surface area (Å²) in [6, 6.07) is 9.48. The number of hydrogen-bond donors (Lipinski definition) is 2. The van der Waals surface area contributed by atoms with Crippen LogP contribution in [0.3, 0.4) is 0 Å². The molecule has 2 aromatic heterocycles. The number of nitrogens with zero attached hydrogens (tertiary/aromatic N) is 2. The van der Waals surface area contributed by atoms with E-state index in [2.05, 4.69) is 15.3 Å². The molecule has 106 valence electrons. The van der Waals surface area contributed by atoms with Crippen LogP contribution in [0.2, 0.25) is 5.28 Å². The number of carbonyl (C=O) groups is 1. The summed E-state index contributed by atoms with van der Waals surface area (Å²) in [6.07, 6.45) is -1.05. The van der Waals surface area contributed by atoms with Crippen molar-refractivity contribution in [2.24, 2.45) is 0 Å². The molecule has 5 nitrogen and oxygen atoms in total. The SMILES string of the molecule is O=C(O)NCc1cccc(-c2nc(Cl)nc3sccc23)c1. The zero-order chi connectivity index (χ0) is 14.8. The molecule has 21 heavy (non-hydrogen) atoms. The van der Waals surface area contributed by atoms with Crippen molar-refractivity contribution in [2.45, 2.75) is 6.54 Å². The van der Waals surface area contributed by atoms with E-state index >= 15 is 0 Å². The van der Waals surface area contributed by atoms with Gasteiger partial charge in [-0.15, -0.1) is 11.3 Å². The normalized spacial score (nSPS) is 10.7. The van der Waals surface area contributed by atoms with Crippen molar-refractivity contribution in [3.05, 3.63) is 46.6 Å². The van der Waals surface area contributed by atoms with Crippen molar-refractivity contribution in [2.75, 3.05) is 0 Å². The molecule has 0 saturated carbocycles. The van der Waals surface area contributed by atoms with Crippen molar-refractivity contribution < 1.29 is 9.90 Å². The lowest BCUT2D eigenvalue weighted by Gasteiger charge is -2.06. The van der Waals surface area contributed by atoms with Gasteiger partial charge in [-0.25, -0.2) is 14.8 Å². The summed E-state index contributed by atoms with van der Waals surface area (Å²) < 4.78 is 0. The number of nitrogens with one attached hydrogen (secondary N) is 1. The molecular weight excluding hydrogens is 310 g/mol. The van der Waals surface area contributed by atoms with E-state index in [0.717, 1.165) is 27.0 Å². The minimum Gasteiger partial charge on any atom is -0.465 e. The Morgan fingerprint density at radius 3 is 3.00 bits per heavy atom. The summed E-state index contributed by atoms with van der Waals surface area (Å²) in [6.45, 7) is 0.245. The van der Waals surface area contributed by atoms with Crippen molar-refractivity contribution in [3.8, 4) is 11.3 Å². The first kappa shape index (κ1) is 13.8. The van der Waals surface area contributed by atoms with Crippen LogP contribution in [0.25, 0.3) is 21.5 Å². The molecule has 0 bridgehead atoms. The molecule has 0 spiro atoms. The first-order valence-corrected chi connectivity index (χ1v) is 7.36. The van der Waals surface area contributed by atoms with Crippen LogP contribution in [0.4, 0.5) is 4.79 Å². The average Bonchev–Trinajstić information content (AvgIpc) is 2.92. The van der Waals surface area contributed by atoms with Gasteiger partial charge < -0.3 is 10.4 Å². The second-order valence-corrected chi connectivity index (χ2v) is 5.57. The van der Waals surface area contributed by atoms with Gasteiger partial charge in [-0.05, 0) is 34.7 Å². The van der Waals surface area contributed by atoms with E-state index in [1.165, 1.54) is 11.3 Å². The summed E-state index contributed by atoms with van der Waals surface area (Å²) in [7, 11) is 0. The van der Waals surface area contributed by atoms with Crippen molar-refractivity contribution in [1.82, 2.24) is 15.3 Å². The predicted molar refractivity (Wildman–Crippen MR) is 82.7 cm³/mol. The Labute approximate surface area is 129 Å². The first-order valence-electron chi connectivity index (χ1n) is 6.10. The Balaban J connectivity index is 2.04. The molecule has 0 atom stereocenters. The fourth-order valence-electron chi connectivity index (χ4n) is 2.06. The van der Waals surface area contributed by atoms with Crippen LogP contribution in [-0.4, -0.2) is 21.2 Å². The van der Waals surface area contributed by atoms with Crippen LogP contribution >= 0.6 is 22.9 Å². The highest BCUT2D eigenvalue weighted by Crippen LogP contribution is 2.30. The van der Waals surface area contributed by atoms with Gasteiger partial charge in [0.2, 0.25) is 5.28 Å². The van der Waals surface area contributed by atoms with E-state index in [9.17, 15) is 4.79 Å². The third-order valence-corrected chi connectivity index (χ3v) is 3.92. The second kappa shape index (κ2) is 5.67. The Hall–Kier alpha value is -2.18.